The lowest BCUT2D eigenvalue weighted by Crippen LogP contribution is -2.34. The van der Waals surface area contributed by atoms with Crippen molar-refractivity contribution in [3.63, 3.8) is 0 Å². The zero-order chi connectivity index (χ0) is 19.6. The van der Waals surface area contributed by atoms with Crippen LogP contribution in [0.2, 0.25) is 0 Å². The highest BCUT2D eigenvalue weighted by Gasteiger charge is 2.31. The molecule has 2 aromatic rings. The summed E-state index contributed by atoms with van der Waals surface area (Å²) in [6.07, 6.45) is 0.774. The van der Waals surface area contributed by atoms with E-state index < -0.39 is 16.1 Å². The Bertz CT molecular complexity index is 908. The summed E-state index contributed by atoms with van der Waals surface area (Å²) in [5, 5.41) is 11.9. The van der Waals surface area contributed by atoms with Crippen molar-refractivity contribution in [1.82, 2.24) is 24.8 Å². The summed E-state index contributed by atoms with van der Waals surface area (Å²) in [6, 6.07) is 4.56. The van der Waals surface area contributed by atoms with Crippen LogP contribution in [-0.2, 0) is 23.0 Å². The summed E-state index contributed by atoms with van der Waals surface area (Å²) < 4.78 is 36.4. The highest BCUT2D eigenvalue weighted by atomic mass is 32.2. The van der Waals surface area contributed by atoms with Crippen LogP contribution in [0.15, 0.2) is 23.1 Å². The molecule has 1 aromatic heterocycles. The SMILES string of the molecule is COc1cc(C)ccc1S(=O)(=O)N[C@H](c1nnc2n1CCNCC2)C(C)C. The lowest BCUT2D eigenvalue weighted by Gasteiger charge is -2.23. The Morgan fingerprint density at radius 1 is 1.26 bits per heavy atom. The number of rotatable bonds is 6. The molecule has 0 saturated heterocycles. The Kier molecular flexibility index (Phi) is 5.83. The van der Waals surface area contributed by atoms with Gasteiger partial charge in [0, 0.05) is 26.1 Å². The van der Waals surface area contributed by atoms with Crippen molar-refractivity contribution in [1.29, 1.82) is 0 Å². The second-order valence-corrected chi connectivity index (χ2v) is 8.81. The third-order valence-electron chi connectivity index (χ3n) is 4.73. The number of methoxy groups -OCH3 is 1. The topological polar surface area (TPSA) is 98.1 Å². The van der Waals surface area contributed by atoms with Crippen molar-refractivity contribution >= 4 is 10.0 Å². The van der Waals surface area contributed by atoms with Crippen LogP contribution < -0.4 is 14.8 Å². The van der Waals surface area contributed by atoms with Crippen LogP contribution in [0, 0.1) is 12.8 Å². The molecule has 0 aliphatic carbocycles. The molecule has 1 atom stereocenters. The van der Waals surface area contributed by atoms with Crippen LogP contribution >= 0.6 is 0 Å². The second-order valence-electron chi connectivity index (χ2n) is 7.12. The first-order chi connectivity index (χ1) is 12.8. The predicted molar refractivity (Wildman–Crippen MR) is 102 cm³/mol. The van der Waals surface area contributed by atoms with Gasteiger partial charge in [-0.3, -0.25) is 0 Å². The van der Waals surface area contributed by atoms with Crippen molar-refractivity contribution in [3.05, 3.63) is 35.4 Å². The molecule has 0 fully saturated rings. The van der Waals surface area contributed by atoms with Gasteiger partial charge in [0.25, 0.3) is 0 Å². The highest BCUT2D eigenvalue weighted by Crippen LogP contribution is 2.29. The molecule has 8 nitrogen and oxygen atoms in total. The Morgan fingerprint density at radius 2 is 2.04 bits per heavy atom. The number of benzene rings is 1. The third kappa shape index (κ3) is 4.15. The number of aromatic nitrogens is 3. The van der Waals surface area contributed by atoms with Gasteiger partial charge in [0.15, 0.2) is 5.82 Å². The molecule has 1 aliphatic rings. The Labute approximate surface area is 160 Å². The maximum absolute atomic E-state index is 13.1. The molecule has 0 saturated carbocycles. The summed E-state index contributed by atoms with van der Waals surface area (Å²) >= 11 is 0. The van der Waals surface area contributed by atoms with Crippen molar-refractivity contribution in [2.24, 2.45) is 5.92 Å². The number of nitrogens with zero attached hydrogens (tertiary/aromatic N) is 3. The Hall–Kier alpha value is -1.97. The average Bonchev–Trinajstić information content (AvgIpc) is 2.86. The van der Waals surface area contributed by atoms with E-state index in [9.17, 15) is 8.42 Å². The van der Waals surface area contributed by atoms with Gasteiger partial charge in [-0.05, 0) is 30.5 Å². The van der Waals surface area contributed by atoms with Gasteiger partial charge in [-0.1, -0.05) is 19.9 Å². The zero-order valence-corrected chi connectivity index (χ0v) is 17.0. The van der Waals surface area contributed by atoms with Crippen molar-refractivity contribution in [2.45, 2.75) is 44.7 Å². The van der Waals surface area contributed by atoms with E-state index in [0.29, 0.717) is 11.6 Å². The van der Waals surface area contributed by atoms with E-state index in [0.717, 1.165) is 37.4 Å². The molecule has 27 heavy (non-hydrogen) atoms. The highest BCUT2D eigenvalue weighted by molar-refractivity contribution is 7.89. The molecule has 1 aromatic carbocycles. The van der Waals surface area contributed by atoms with Gasteiger partial charge in [0.2, 0.25) is 10.0 Å². The molecule has 0 bridgehead atoms. The molecule has 0 radical (unpaired) electrons. The molecule has 9 heteroatoms. The first-order valence-electron chi connectivity index (χ1n) is 9.13. The van der Waals surface area contributed by atoms with Gasteiger partial charge >= 0.3 is 0 Å². The van der Waals surface area contributed by atoms with E-state index in [-0.39, 0.29) is 10.8 Å². The van der Waals surface area contributed by atoms with Gasteiger partial charge in [-0.2, -0.15) is 0 Å². The third-order valence-corrected chi connectivity index (χ3v) is 6.21. The molecule has 0 amide bonds. The number of fused-ring (bicyclic) bond motifs is 1. The van der Waals surface area contributed by atoms with Crippen LogP contribution in [0.3, 0.4) is 0 Å². The number of sulfonamides is 1. The molecular formula is C18H27N5O3S. The van der Waals surface area contributed by atoms with Crippen molar-refractivity contribution < 1.29 is 13.2 Å². The first kappa shape index (κ1) is 19.8. The number of aryl methyl sites for hydroxylation is 1. The van der Waals surface area contributed by atoms with E-state index >= 15 is 0 Å². The Morgan fingerprint density at radius 3 is 2.74 bits per heavy atom. The van der Waals surface area contributed by atoms with Crippen LogP contribution in [-0.4, -0.2) is 43.4 Å². The molecule has 0 spiro atoms. The molecule has 148 valence electrons. The Balaban J connectivity index is 1.97. The monoisotopic (exact) mass is 393 g/mol. The van der Waals surface area contributed by atoms with Gasteiger partial charge < -0.3 is 14.6 Å². The minimum Gasteiger partial charge on any atom is -0.495 e. The quantitative estimate of drug-likeness (QED) is 0.770. The van der Waals surface area contributed by atoms with E-state index in [1.807, 2.05) is 25.3 Å². The predicted octanol–water partition coefficient (Wildman–Crippen LogP) is 1.42. The van der Waals surface area contributed by atoms with E-state index in [1.165, 1.54) is 7.11 Å². The van der Waals surface area contributed by atoms with E-state index in [1.54, 1.807) is 18.2 Å². The van der Waals surface area contributed by atoms with Gasteiger partial charge in [0.05, 0.1) is 13.2 Å². The molecule has 1 aliphatic heterocycles. The first-order valence-corrected chi connectivity index (χ1v) is 10.6. The molecule has 3 rings (SSSR count). The second kappa shape index (κ2) is 7.95. The zero-order valence-electron chi connectivity index (χ0n) is 16.2. The molecule has 0 unspecified atom stereocenters. The number of ether oxygens (including phenoxy) is 1. The lowest BCUT2D eigenvalue weighted by atomic mass is 10.1. The molecule has 2 N–H and O–H groups in total. The maximum atomic E-state index is 13.1. The largest absolute Gasteiger partial charge is 0.495 e. The molecule has 2 heterocycles. The fourth-order valence-corrected chi connectivity index (χ4v) is 4.73. The van der Waals surface area contributed by atoms with Gasteiger partial charge in [-0.15, -0.1) is 10.2 Å². The van der Waals surface area contributed by atoms with Crippen LogP contribution in [0.25, 0.3) is 0 Å². The molecular weight excluding hydrogens is 366 g/mol. The average molecular weight is 394 g/mol. The summed E-state index contributed by atoms with van der Waals surface area (Å²) in [6.45, 7) is 8.20. The number of nitrogens with one attached hydrogen (secondary N) is 2. The normalized spacial score (nSPS) is 16.0. The number of hydrogen-bond donors (Lipinski definition) is 2. The minimum atomic E-state index is -3.80. The lowest BCUT2D eigenvalue weighted by molar-refractivity contribution is 0.398. The van der Waals surface area contributed by atoms with Crippen molar-refractivity contribution in [3.8, 4) is 5.75 Å². The van der Waals surface area contributed by atoms with Crippen LogP contribution in [0.5, 0.6) is 5.75 Å². The maximum Gasteiger partial charge on any atom is 0.244 e. The van der Waals surface area contributed by atoms with E-state index in [4.69, 9.17) is 4.74 Å². The van der Waals surface area contributed by atoms with Crippen LogP contribution in [0.1, 0.15) is 37.1 Å². The number of hydrogen-bond acceptors (Lipinski definition) is 6. The summed E-state index contributed by atoms with van der Waals surface area (Å²) in [5.74, 6) is 1.86. The standard InChI is InChI=1S/C18H27N5O3S/c1-12(2)17(18-21-20-16-7-8-19-9-10-23(16)18)22-27(24,25)15-6-5-13(3)11-14(15)26-4/h5-6,11-12,17,19,22H,7-10H2,1-4H3/t17-/m0/s1. The van der Waals surface area contributed by atoms with Crippen LogP contribution in [0.4, 0.5) is 0 Å². The fraction of sp³-hybridized carbons (Fsp3) is 0.556. The van der Waals surface area contributed by atoms with E-state index in [2.05, 4.69) is 20.2 Å². The minimum absolute atomic E-state index is 0.000676. The van der Waals surface area contributed by atoms with Crippen molar-refractivity contribution in [2.75, 3.05) is 20.2 Å². The summed E-state index contributed by atoms with van der Waals surface area (Å²) in [5.41, 5.74) is 0.932. The van der Waals surface area contributed by atoms with Gasteiger partial charge in [0.1, 0.15) is 16.5 Å². The summed E-state index contributed by atoms with van der Waals surface area (Å²) in [4.78, 5) is 0.124. The van der Waals surface area contributed by atoms with Gasteiger partial charge in [-0.25, -0.2) is 13.1 Å². The summed E-state index contributed by atoms with van der Waals surface area (Å²) in [7, 11) is -2.33. The smallest absolute Gasteiger partial charge is 0.244 e. The fourth-order valence-electron chi connectivity index (χ4n) is 3.24.